The molecule has 124 valence electrons. The molecular formula is C14H21F3N4O. The van der Waals surface area contributed by atoms with Crippen LogP contribution in [0.3, 0.4) is 0 Å². The van der Waals surface area contributed by atoms with E-state index in [9.17, 15) is 18.0 Å². The highest BCUT2D eigenvalue weighted by atomic mass is 19.4. The average molecular weight is 318 g/mol. The number of carbonyl (C=O) groups is 1. The monoisotopic (exact) mass is 318 g/mol. The number of aromatic nitrogens is 2. The molecule has 0 aromatic carbocycles. The van der Waals surface area contributed by atoms with E-state index in [4.69, 9.17) is 0 Å². The summed E-state index contributed by atoms with van der Waals surface area (Å²) in [6, 6.07) is -0.666. The maximum Gasteiger partial charge on any atom is 0.390 e. The number of nitrogens with one attached hydrogen (secondary N) is 1. The second-order valence-electron chi connectivity index (χ2n) is 5.76. The van der Waals surface area contributed by atoms with Gasteiger partial charge in [0, 0.05) is 31.9 Å². The first-order valence-electron chi connectivity index (χ1n) is 7.31. The summed E-state index contributed by atoms with van der Waals surface area (Å²) in [5.74, 6) is 0.00948. The van der Waals surface area contributed by atoms with E-state index in [-0.39, 0.29) is 12.5 Å². The van der Waals surface area contributed by atoms with Gasteiger partial charge in [0.1, 0.15) is 6.04 Å². The summed E-state index contributed by atoms with van der Waals surface area (Å²) >= 11 is 0. The quantitative estimate of drug-likeness (QED) is 0.835. The molecule has 1 aliphatic rings. The molecule has 0 radical (unpaired) electrons. The maximum atomic E-state index is 12.6. The summed E-state index contributed by atoms with van der Waals surface area (Å²) in [6.45, 7) is 0.102. The molecule has 1 N–H and O–H groups in total. The number of alkyl halides is 3. The van der Waals surface area contributed by atoms with E-state index in [1.807, 2.05) is 0 Å². The number of rotatable bonds is 7. The molecular weight excluding hydrogens is 297 g/mol. The molecule has 0 bridgehead atoms. The molecule has 1 atom stereocenters. The summed E-state index contributed by atoms with van der Waals surface area (Å²) < 4.78 is 39.0. The molecule has 2 rings (SSSR count). The lowest BCUT2D eigenvalue weighted by Gasteiger charge is -2.27. The summed E-state index contributed by atoms with van der Waals surface area (Å²) in [7, 11) is 3.35. The third kappa shape index (κ3) is 4.72. The zero-order valence-corrected chi connectivity index (χ0v) is 12.7. The Morgan fingerprint density at radius 1 is 1.55 bits per heavy atom. The highest BCUT2D eigenvalue weighted by Gasteiger charge is 2.34. The van der Waals surface area contributed by atoms with Gasteiger partial charge in [-0.15, -0.1) is 0 Å². The van der Waals surface area contributed by atoms with E-state index in [2.05, 4.69) is 10.4 Å². The van der Waals surface area contributed by atoms with Crippen LogP contribution in [0.2, 0.25) is 0 Å². The van der Waals surface area contributed by atoms with Crippen LogP contribution in [0.1, 0.15) is 30.9 Å². The first kappa shape index (κ1) is 16.8. The summed E-state index contributed by atoms with van der Waals surface area (Å²) in [5, 5.41) is 6.89. The molecule has 0 spiro atoms. The van der Waals surface area contributed by atoms with Gasteiger partial charge in [-0.05, 0) is 25.8 Å². The molecule has 22 heavy (non-hydrogen) atoms. The first-order chi connectivity index (χ1) is 10.3. The van der Waals surface area contributed by atoms with Crippen molar-refractivity contribution in [1.82, 2.24) is 20.0 Å². The third-order valence-corrected chi connectivity index (χ3v) is 3.75. The van der Waals surface area contributed by atoms with E-state index in [1.165, 1.54) is 4.90 Å². The molecule has 1 saturated carbocycles. The van der Waals surface area contributed by atoms with E-state index >= 15 is 0 Å². The van der Waals surface area contributed by atoms with Crippen LogP contribution in [0.25, 0.3) is 0 Å². The van der Waals surface area contributed by atoms with E-state index in [0.717, 1.165) is 12.8 Å². The Hall–Kier alpha value is -1.57. The van der Waals surface area contributed by atoms with E-state index < -0.39 is 18.6 Å². The second kappa shape index (κ2) is 6.68. The fraction of sp³-hybridized carbons (Fsp3) is 0.714. The number of nitrogens with zero attached hydrogens (tertiary/aromatic N) is 3. The molecule has 5 nitrogen and oxygen atoms in total. The van der Waals surface area contributed by atoms with Crippen molar-refractivity contribution < 1.29 is 18.0 Å². The molecule has 1 heterocycles. The summed E-state index contributed by atoms with van der Waals surface area (Å²) in [4.78, 5) is 14.0. The number of aryl methyl sites for hydroxylation is 1. The van der Waals surface area contributed by atoms with Crippen molar-refractivity contribution in [1.29, 1.82) is 0 Å². The van der Waals surface area contributed by atoms with Crippen molar-refractivity contribution >= 4 is 5.91 Å². The van der Waals surface area contributed by atoms with Gasteiger partial charge in [-0.2, -0.15) is 18.3 Å². The van der Waals surface area contributed by atoms with Crippen LogP contribution < -0.4 is 5.32 Å². The van der Waals surface area contributed by atoms with Crippen molar-refractivity contribution in [2.24, 2.45) is 13.0 Å². The molecule has 8 heteroatoms. The molecule has 1 fully saturated rings. The normalized spacial score (nSPS) is 16.6. The van der Waals surface area contributed by atoms with Crippen LogP contribution in [-0.4, -0.2) is 46.9 Å². The highest BCUT2D eigenvalue weighted by molar-refractivity contribution is 5.83. The van der Waals surface area contributed by atoms with Gasteiger partial charge in [0.15, 0.2) is 0 Å². The molecule has 1 amide bonds. The maximum absolute atomic E-state index is 12.6. The lowest BCUT2D eigenvalue weighted by Crippen LogP contribution is -2.42. The van der Waals surface area contributed by atoms with Gasteiger partial charge in [0.2, 0.25) is 5.91 Å². The number of likely N-dealkylation sites (N-methyl/N-ethyl adjacent to an activating group) is 1. The van der Waals surface area contributed by atoms with Crippen LogP contribution in [0.5, 0.6) is 0 Å². The van der Waals surface area contributed by atoms with Crippen LogP contribution in [-0.2, 0) is 11.8 Å². The molecule has 0 aliphatic heterocycles. The van der Waals surface area contributed by atoms with Gasteiger partial charge < -0.3 is 10.2 Å². The Balaban J connectivity index is 2.08. The number of halogens is 3. The van der Waals surface area contributed by atoms with Gasteiger partial charge in [-0.25, -0.2) is 0 Å². The second-order valence-corrected chi connectivity index (χ2v) is 5.76. The van der Waals surface area contributed by atoms with Crippen molar-refractivity contribution in [3.8, 4) is 0 Å². The van der Waals surface area contributed by atoms with Crippen LogP contribution in [0.4, 0.5) is 13.2 Å². The summed E-state index contributed by atoms with van der Waals surface area (Å²) in [6.07, 6.45) is -0.0312. The predicted octanol–water partition coefficient (Wildman–Crippen LogP) is 1.87. The topological polar surface area (TPSA) is 50.2 Å². The van der Waals surface area contributed by atoms with Gasteiger partial charge in [0.25, 0.3) is 0 Å². The Morgan fingerprint density at radius 2 is 2.23 bits per heavy atom. The van der Waals surface area contributed by atoms with Gasteiger partial charge >= 0.3 is 6.18 Å². The molecule has 0 saturated heterocycles. The molecule has 1 unspecified atom stereocenters. The van der Waals surface area contributed by atoms with Crippen molar-refractivity contribution in [2.45, 2.75) is 31.5 Å². The van der Waals surface area contributed by atoms with Gasteiger partial charge in [-0.3, -0.25) is 9.48 Å². The standard InChI is InChI=1S/C14H21F3N4O/c1-18-12(11-7-19-20(2)9-11)13(22)21(8-10-3-4-10)6-5-14(15,16)17/h7,9-10,12,18H,3-6,8H2,1-2H3. The molecule has 1 aromatic rings. The average Bonchev–Trinajstić information content (AvgIpc) is 3.15. The highest BCUT2D eigenvalue weighted by Crippen LogP contribution is 2.31. The van der Waals surface area contributed by atoms with Crippen molar-refractivity contribution in [3.05, 3.63) is 18.0 Å². The zero-order valence-electron chi connectivity index (χ0n) is 12.7. The Kier molecular flexibility index (Phi) is 5.10. The minimum atomic E-state index is -4.26. The number of amides is 1. The smallest absolute Gasteiger partial charge is 0.340 e. The Labute approximate surface area is 127 Å². The largest absolute Gasteiger partial charge is 0.390 e. The number of carbonyl (C=O) groups excluding carboxylic acids is 1. The summed E-state index contributed by atoms with van der Waals surface area (Å²) in [5.41, 5.74) is 0.655. The van der Waals surface area contributed by atoms with Crippen molar-refractivity contribution in [2.75, 3.05) is 20.1 Å². The Bertz CT molecular complexity index is 510. The van der Waals surface area contributed by atoms with Crippen LogP contribution >= 0.6 is 0 Å². The van der Waals surface area contributed by atoms with Crippen molar-refractivity contribution in [3.63, 3.8) is 0 Å². The van der Waals surface area contributed by atoms with Crippen LogP contribution in [0, 0.1) is 5.92 Å². The minimum absolute atomic E-state index is 0.294. The molecule has 1 aromatic heterocycles. The molecule has 1 aliphatic carbocycles. The number of hydrogen-bond donors (Lipinski definition) is 1. The third-order valence-electron chi connectivity index (χ3n) is 3.75. The predicted molar refractivity (Wildman–Crippen MR) is 75.0 cm³/mol. The van der Waals surface area contributed by atoms with E-state index in [0.29, 0.717) is 18.0 Å². The van der Waals surface area contributed by atoms with Gasteiger partial charge in [-0.1, -0.05) is 0 Å². The Morgan fingerprint density at radius 3 is 2.68 bits per heavy atom. The zero-order chi connectivity index (χ0) is 16.3. The fourth-order valence-electron chi connectivity index (χ4n) is 2.37. The first-order valence-corrected chi connectivity index (χ1v) is 7.31. The fourth-order valence-corrected chi connectivity index (χ4v) is 2.37. The SMILES string of the molecule is CNC(C(=O)N(CCC(F)(F)F)CC1CC1)c1cnn(C)c1. The van der Waals surface area contributed by atoms with E-state index in [1.54, 1.807) is 31.2 Å². The number of hydrogen-bond acceptors (Lipinski definition) is 3. The minimum Gasteiger partial charge on any atom is -0.340 e. The lowest BCUT2D eigenvalue weighted by molar-refractivity contribution is -0.146. The van der Waals surface area contributed by atoms with Gasteiger partial charge in [0.05, 0.1) is 12.6 Å². The lowest BCUT2D eigenvalue weighted by atomic mass is 10.1. The van der Waals surface area contributed by atoms with Crippen LogP contribution in [0.15, 0.2) is 12.4 Å².